The number of hydrogen-bond acceptors (Lipinski definition) is 1. The number of rotatable bonds is 5. The summed E-state index contributed by atoms with van der Waals surface area (Å²) in [5, 5.41) is 1.10. The highest BCUT2D eigenvalue weighted by molar-refractivity contribution is 9.09. The molecule has 0 heterocycles. The van der Waals surface area contributed by atoms with E-state index in [1.807, 2.05) is 0 Å². The lowest BCUT2D eigenvalue weighted by Gasteiger charge is -2.03. The van der Waals surface area contributed by atoms with Crippen LogP contribution in [0.2, 0.25) is 13.1 Å². The van der Waals surface area contributed by atoms with Crippen molar-refractivity contribution in [3.63, 3.8) is 0 Å². The van der Waals surface area contributed by atoms with Gasteiger partial charge in [0.05, 0.1) is 0 Å². The Bertz CT molecular complexity index is 59.0. The predicted octanol–water partition coefficient (Wildman–Crippen LogP) is 2.43. The number of unbranched alkanes of at least 4 members (excludes halogenated alkanes) is 1. The predicted molar refractivity (Wildman–Crippen MR) is 46.5 cm³/mol. The Kier molecular flexibility index (Phi) is 7.27. The van der Waals surface area contributed by atoms with Crippen LogP contribution in [0.5, 0.6) is 0 Å². The van der Waals surface area contributed by atoms with Crippen molar-refractivity contribution in [3.8, 4) is 0 Å². The lowest BCUT2D eigenvalue weighted by molar-refractivity contribution is 0.318. The van der Waals surface area contributed by atoms with E-state index in [1.165, 1.54) is 12.8 Å². The fourth-order valence-electron chi connectivity index (χ4n) is 0.473. The Balaban J connectivity index is 2.75. The molecule has 0 aliphatic rings. The average molecular weight is 210 g/mol. The third-order valence-electron chi connectivity index (χ3n) is 0.919. The van der Waals surface area contributed by atoms with E-state index in [4.69, 9.17) is 4.43 Å². The molecule has 1 nitrogen and oxygen atoms in total. The summed E-state index contributed by atoms with van der Waals surface area (Å²) in [5.41, 5.74) is 0. The molecule has 0 fully saturated rings. The minimum Gasteiger partial charge on any atom is -0.417 e. The third kappa shape index (κ3) is 8.66. The number of hydrogen-bond donors (Lipinski definition) is 0. The van der Waals surface area contributed by atoms with E-state index in [0.29, 0.717) is 0 Å². The van der Waals surface area contributed by atoms with Crippen LogP contribution in [0, 0.1) is 0 Å². The molecule has 0 bridgehead atoms. The molecule has 3 heteroatoms. The summed E-state index contributed by atoms with van der Waals surface area (Å²) in [7, 11) is -0.430. The van der Waals surface area contributed by atoms with Crippen molar-refractivity contribution in [1.29, 1.82) is 0 Å². The normalized spacial score (nSPS) is 10.7. The molecule has 1 radical (unpaired) electrons. The van der Waals surface area contributed by atoms with Gasteiger partial charge in [-0.2, -0.15) is 0 Å². The van der Waals surface area contributed by atoms with Crippen LogP contribution in [0.3, 0.4) is 0 Å². The summed E-state index contributed by atoms with van der Waals surface area (Å²) in [4.78, 5) is 0. The van der Waals surface area contributed by atoms with E-state index in [2.05, 4.69) is 29.0 Å². The van der Waals surface area contributed by atoms with E-state index < -0.39 is 9.04 Å². The van der Waals surface area contributed by atoms with Gasteiger partial charge in [0, 0.05) is 11.9 Å². The van der Waals surface area contributed by atoms with Gasteiger partial charge >= 0.3 is 0 Å². The molecule has 0 aromatic heterocycles. The van der Waals surface area contributed by atoms with Crippen molar-refractivity contribution in [2.45, 2.75) is 25.9 Å². The second-order valence-corrected chi connectivity index (χ2v) is 5.05. The smallest absolute Gasteiger partial charge is 0.204 e. The Morgan fingerprint density at radius 2 is 2.00 bits per heavy atom. The molecular weight excluding hydrogens is 196 g/mol. The fourth-order valence-corrected chi connectivity index (χ4v) is 1.42. The maximum Gasteiger partial charge on any atom is 0.204 e. The monoisotopic (exact) mass is 209 g/mol. The average Bonchev–Trinajstić information content (AvgIpc) is 1.80. The summed E-state index contributed by atoms with van der Waals surface area (Å²) in [5.74, 6) is 0. The van der Waals surface area contributed by atoms with Crippen molar-refractivity contribution < 1.29 is 4.43 Å². The molecule has 0 saturated carbocycles. The maximum atomic E-state index is 5.42. The van der Waals surface area contributed by atoms with Gasteiger partial charge in [-0.05, 0) is 25.9 Å². The van der Waals surface area contributed by atoms with Gasteiger partial charge in [0.25, 0.3) is 0 Å². The summed E-state index contributed by atoms with van der Waals surface area (Å²) < 4.78 is 5.42. The van der Waals surface area contributed by atoms with Crippen LogP contribution in [0.4, 0.5) is 0 Å². The molecule has 0 rings (SSSR count). The largest absolute Gasteiger partial charge is 0.417 e. The molecule has 0 N–H and O–H groups in total. The molecule has 0 aromatic rings. The second kappa shape index (κ2) is 6.77. The second-order valence-electron chi connectivity index (χ2n) is 2.15. The molecule has 9 heavy (non-hydrogen) atoms. The van der Waals surface area contributed by atoms with Gasteiger partial charge < -0.3 is 4.43 Å². The quantitative estimate of drug-likeness (QED) is 0.384. The Labute approximate surface area is 67.6 Å². The maximum absolute atomic E-state index is 5.42. The summed E-state index contributed by atoms with van der Waals surface area (Å²) in [6.45, 7) is 5.28. The van der Waals surface area contributed by atoms with Gasteiger partial charge in [-0.25, -0.2) is 0 Å². The van der Waals surface area contributed by atoms with E-state index in [-0.39, 0.29) is 0 Å². The van der Waals surface area contributed by atoms with Gasteiger partial charge in [0.15, 0.2) is 0 Å². The van der Waals surface area contributed by atoms with Crippen LogP contribution in [-0.2, 0) is 4.43 Å². The highest BCUT2D eigenvalue weighted by Crippen LogP contribution is 1.95. The molecule has 55 valence electrons. The first-order chi connectivity index (χ1) is 4.27. The summed E-state index contributed by atoms with van der Waals surface area (Å²) >= 11 is 3.37. The van der Waals surface area contributed by atoms with E-state index in [9.17, 15) is 0 Å². The van der Waals surface area contributed by atoms with Crippen LogP contribution in [0.25, 0.3) is 0 Å². The molecule has 0 aliphatic heterocycles. The SMILES string of the molecule is C[Si](C)OCCCCBr. The first kappa shape index (κ1) is 9.66. The van der Waals surface area contributed by atoms with Crippen molar-refractivity contribution in [1.82, 2.24) is 0 Å². The molecule has 0 aliphatic carbocycles. The van der Waals surface area contributed by atoms with Gasteiger partial charge in [0.1, 0.15) is 0 Å². The molecule has 0 spiro atoms. The highest BCUT2D eigenvalue weighted by atomic mass is 79.9. The summed E-state index contributed by atoms with van der Waals surface area (Å²) in [6, 6.07) is 0. The minimum atomic E-state index is -0.430. The Morgan fingerprint density at radius 1 is 1.33 bits per heavy atom. The van der Waals surface area contributed by atoms with Crippen LogP contribution >= 0.6 is 15.9 Å². The number of alkyl halides is 1. The topological polar surface area (TPSA) is 9.23 Å². The summed E-state index contributed by atoms with van der Waals surface area (Å²) in [6.07, 6.45) is 2.43. The standard InChI is InChI=1S/C6H14BrOSi/c1-9(2)8-6-4-3-5-7/h3-6H2,1-2H3. The van der Waals surface area contributed by atoms with Gasteiger partial charge in [-0.15, -0.1) is 0 Å². The zero-order chi connectivity index (χ0) is 7.11. The molecule has 0 atom stereocenters. The van der Waals surface area contributed by atoms with Crippen molar-refractivity contribution in [2.75, 3.05) is 11.9 Å². The first-order valence-corrected chi connectivity index (χ1v) is 6.79. The molecular formula is C6H14BrOSi. The molecule has 0 unspecified atom stereocenters. The van der Waals surface area contributed by atoms with Crippen LogP contribution in [0.1, 0.15) is 12.8 Å². The first-order valence-electron chi connectivity index (χ1n) is 3.26. The Morgan fingerprint density at radius 3 is 2.44 bits per heavy atom. The lowest BCUT2D eigenvalue weighted by atomic mass is 10.4. The van der Waals surface area contributed by atoms with E-state index in [1.54, 1.807) is 0 Å². The van der Waals surface area contributed by atoms with Gasteiger partial charge in [-0.1, -0.05) is 15.9 Å². The Hall–Kier alpha value is 0.657. The molecule has 0 saturated heterocycles. The van der Waals surface area contributed by atoms with Crippen molar-refractivity contribution >= 4 is 25.0 Å². The van der Waals surface area contributed by atoms with E-state index >= 15 is 0 Å². The number of halogens is 1. The zero-order valence-corrected chi connectivity index (χ0v) is 8.70. The van der Waals surface area contributed by atoms with E-state index in [0.717, 1.165) is 11.9 Å². The molecule has 0 aromatic carbocycles. The van der Waals surface area contributed by atoms with Crippen molar-refractivity contribution in [2.24, 2.45) is 0 Å². The van der Waals surface area contributed by atoms with Gasteiger partial charge in [-0.3, -0.25) is 0 Å². The van der Waals surface area contributed by atoms with Crippen LogP contribution in [-0.4, -0.2) is 21.0 Å². The molecule has 0 amide bonds. The van der Waals surface area contributed by atoms with Crippen LogP contribution < -0.4 is 0 Å². The van der Waals surface area contributed by atoms with Crippen LogP contribution in [0.15, 0.2) is 0 Å². The third-order valence-corrected chi connectivity index (χ3v) is 2.26. The zero-order valence-electron chi connectivity index (χ0n) is 6.11. The highest BCUT2D eigenvalue weighted by Gasteiger charge is 1.94. The van der Waals surface area contributed by atoms with Gasteiger partial charge in [0.2, 0.25) is 9.04 Å². The van der Waals surface area contributed by atoms with Crippen molar-refractivity contribution in [3.05, 3.63) is 0 Å². The fraction of sp³-hybridized carbons (Fsp3) is 1.00. The lowest BCUT2D eigenvalue weighted by Crippen LogP contribution is -2.08. The minimum absolute atomic E-state index is 0.430.